The summed E-state index contributed by atoms with van der Waals surface area (Å²) in [6.07, 6.45) is 1.68. The number of anilines is 2. The monoisotopic (exact) mass is 480 g/mol. The van der Waals surface area contributed by atoms with Crippen molar-refractivity contribution in [2.75, 3.05) is 29.9 Å². The van der Waals surface area contributed by atoms with Gasteiger partial charge in [0.25, 0.3) is 11.5 Å². The molecule has 3 aliphatic rings. The van der Waals surface area contributed by atoms with E-state index in [0.717, 1.165) is 0 Å². The Balaban J connectivity index is 1.06. The Morgan fingerprint density at radius 3 is 2.94 bits per heavy atom. The molecule has 180 valence electrons. The van der Waals surface area contributed by atoms with Crippen molar-refractivity contribution in [2.24, 2.45) is 0 Å². The van der Waals surface area contributed by atoms with E-state index in [0.29, 0.717) is 60.6 Å². The molecule has 0 radical (unpaired) electrons. The number of hydrogen-bond acceptors (Lipinski definition) is 8. The van der Waals surface area contributed by atoms with Crippen LogP contribution in [0, 0.1) is 5.82 Å². The average Bonchev–Trinajstić information content (AvgIpc) is 3.42. The maximum atomic E-state index is 14.6. The Kier molecular flexibility index (Phi) is 5.10. The second-order valence-corrected chi connectivity index (χ2v) is 8.65. The second-order valence-electron chi connectivity index (χ2n) is 8.65. The summed E-state index contributed by atoms with van der Waals surface area (Å²) >= 11 is 0. The highest BCUT2D eigenvalue weighted by Crippen LogP contribution is 2.33. The summed E-state index contributed by atoms with van der Waals surface area (Å²) in [4.78, 5) is 46.0. The molecule has 0 aliphatic carbocycles. The summed E-state index contributed by atoms with van der Waals surface area (Å²) in [7, 11) is 0. The highest BCUT2D eigenvalue weighted by atomic mass is 19.1. The van der Waals surface area contributed by atoms with Crippen LogP contribution < -0.4 is 25.8 Å². The van der Waals surface area contributed by atoms with Gasteiger partial charge in [-0.3, -0.25) is 14.5 Å². The predicted octanol–water partition coefficient (Wildman–Crippen LogP) is 1.71. The van der Waals surface area contributed by atoms with Gasteiger partial charge in [0.2, 0.25) is 0 Å². The molecule has 0 bridgehead atoms. The summed E-state index contributed by atoms with van der Waals surface area (Å²) in [6.45, 7) is 1.14. The maximum absolute atomic E-state index is 14.6. The van der Waals surface area contributed by atoms with E-state index >= 15 is 0 Å². The average molecular weight is 480 g/mol. The van der Waals surface area contributed by atoms with E-state index in [1.807, 2.05) is 0 Å². The molecule has 11 nitrogen and oxygen atoms in total. The van der Waals surface area contributed by atoms with Crippen LogP contribution in [-0.2, 0) is 16.1 Å². The van der Waals surface area contributed by atoms with Gasteiger partial charge in [0.1, 0.15) is 17.7 Å². The van der Waals surface area contributed by atoms with Gasteiger partial charge in [0.15, 0.2) is 18.2 Å². The molecule has 2 N–H and O–H groups in total. The van der Waals surface area contributed by atoms with E-state index in [1.165, 1.54) is 17.2 Å². The van der Waals surface area contributed by atoms with Crippen LogP contribution in [0.15, 0.2) is 35.3 Å². The van der Waals surface area contributed by atoms with Gasteiger partial charge < -0.3 is 24.7 Å². The molecule has 2 atom stereocenters. The zero-order chi connectivity index (χ0) is 24.1. The minimum Gasteiger partial charge on any atom is -0.480 e. The van der Waals surface area contributed by atoms with Gasteiger partial charge in [0, 0.05) is 12.1 Å². The number of nitrogens with zero attached hydrogens (tertiary/aromatic N) is 4. The van der Waals surface area contributed by atoms with E-state index < -0.39 is 6.09 Å². The summed E-state index contributed by atoms with van der Waals surface area (Å²) < 4.78 is 26.9. The van der Waals surface area contributed by atoms with Gasteiger partial charge in [-0.1, -0.05) is 0 Å². The molecule has 0 unspecified atom stereocenters. The SMILES string of the molecule is O=C1COc2ccc(N3C[C@@H](CCCN[C@@H]4Cn5c(=O)cnc6ccc(F)c4c65)OC3=O)nc2N1. The topological polar surface area (TPSA) is 128 Å². The molecule has 1 aromatic carbocycles. The third-order valence-corrected chi connectivity index (χ3v) is 6.41. The maximum Gasteiger partial charge on any atom is 0.415 e. The lowest BCUT2D eigenvalue weighted by Crippen LogP contribution is -2.29. The van der Waals surface area contributed by atoms with Crippen LogP contribution >= 0.6 is 0 Å². The zero-order valence-electron chi connectivity index (χ0n) is 18.5. The van der Waals surface area contributed by atoms with Crippen LogP contribution in [0.25, 0.3) is 11.0 Å². The lowest BCUT2D eigenvalue weighted by atomic mass is 10.1. The number of hydrogen-bond donors (Lipinski definition) is 2. The summed E-state index contributed by atoms with van der Waals surface area (Å²) in [6, 6.07) is 5.91. The first-order valence-corrected chi connectivity index (χ1v) is 11.3. The van der Waals surface area contributed by atoms with Gasteiger partial charge in [-0.05, 0) is 43.7 Å². The van der Waals surface area contributed by atoms with Crippen molar-refractivity contribution in [2.45, 2.75) is 31.5 Å². The van der Waals surface area contributed by atoms with Crippen LogP contribution in [0.3, 0.4) is 0 Å². The summed E-state index contributed by atoms with van der Waals surface area (Å²) in [5.74, 6) is 0.412. The number of nitrogens with one attached hydrogen (secondary N) is 2. The number of aromatic nitrogens is 3. The highest BCUT2D eigenvalue weighted by molar-refractivity contribution is 5.95. The fourth-order valence-corrected chi connectivity index (χ4v) is 4.79. The largest absolute Gasteiger partial charge is 0.480 e. The van der Waals surface area contributed by atoms with Gasteiger partial charge in [0.05, 0.1) is 29.8 Å². The number of cyclic esters (lactones) is 1. The Bertz CT molecular complexity index is 1430. The first kappa shape index (κ1) is 21.5. The Labute approximate surface area is 197 Å². The second kappa shape index (κ2) is 8.31. The van der Waals surface area contributed by atoms with E-state index in [1.54, 1.807) is 22.8 Å². The van der Waals surface area contributed by atoms with Crippen LogP contribution in [0.5, 0.6) is 5.75 Å². The molecular formula is C23H21FN6O5. The molecule has 0 saturated carbocycles. The van der Waals surface area contributed by atoms with Crippen LogP contribution in [0.1, 0.15) is 24.4 Å². The van der Waals surface area contributed by atoms with Crippen LogP contribution in [-0.4, -0.2) is 52.3 Å². The van der Waals surface area contributed by atoms with Crippen LogP contribution in [0.2, 0.25) is 0 Å². The quantitative estimate of drug-likeness (QED) is 0.511. The first-order valence-electron chi connectivity index (χ1n) is 11.3. The van der Waals surface area contributed by atoms with E-state index in [4.69, 9.17) is 9.47 Å². The Hall–Kier alpha value is -4.06. The molecular weight excluding hydrogens is 459 g/mol. The first-order chi connectivity index (χ1) is 17.0. The predicted molar refractivity (Wildman–Crippen MR) is 122 cm³/mol. The Morgan fingerprint density at radius 2 is 2.06 bits per heavy atom. The number of halogens is 1. The van der Waals surface area contributed by atoms with Gasteiger partial charge in [-0.2, -0.15) is 0 Å². The number of fused-ring (bicyclic) bond motifs is 1. The summed E-state index contributed by atoms with van der Waals surface area (Å²) in [5.41, 5.74) is 1.33. The lowest BCUT2D eigenvalue weighted by Gasteiger charge is -2.19. The Morgan fingerprint density at radius 1 is 1.17 bits per heavy atom. The minimum absolute atomic E-state index is 0.0712. The van der Waals surface area contributed by atoms with Crippen molar-refractivity contribution in [3.63, 3.8) is 0 Å². The number of carbonyl (C=O) groups excluding carboxylic acids is 2. The number of rotatable bonds is 6. The van der Waals surface area contributed by atoms with E-state index in [9.17, 15) is 18.8 Å². The van der Waals surface area contributed by atoms with Crippen LogP contribution in [0.4, 0.5) is 20.8 Å². The van der Waals surface area contributed by atoms with Gasteiger partial charge >= 0.3 is 6.09 Å². The normalized spacial score (nSPS) is 20.5. The standard InChI is InChI=1S/C23H21FN6O5/c24-13-3-4-14-21-20(13)15(10-30(21)19(32)8-26-14)25-7-1-2-12-9-29(23(33)35-12)17-6-5-16-22(27-17)28-18(31)11-34-16/h3-6,8,12,15,25H,1-2,7,9-11H2,(H,27,28,31)/t12-,15-/m1/s1. The van der Waals surface area contributed by atoms with Crippen molar-refractivity contribution in [3.8, 4) is 5.75 Å². The number of ether oxygens (including phenoxy) is 2. The molecule has 0 spiro atoms. The van der Waals surface area contributed by atoms with Crippen molar-refractivity contribution in [3.05, 3.63) is 52.2 Å². The number of pyridine rings is 1. The molecule has 2 aromatic heterocycles. The fraction of sp³-hybridized carbons (Fsp3) is 0.348. The number of carbonyl (C=O) groups is 2. The molecule has 6 rings (SSSR count). The molecule has 1 saturated heterocycles. The smallest absolute Gasteiger partial charge is 0.415 e. The van der Waals surface area contributed by atoms with Gasteiger partial charge in [-0.15, -0.1) is 0 Å². The molecule has 3 aliphatic heterocycles. The highest BCUT2D eigenvalue weighted by Gasteiger charge is 2.34. The van der Waals surface area contributed by atoms with E-state index in [-0.39, 0.29) is 41.9 Å². The molecule has 12 heteroatoms. The van der Waals surface area contributed by atoms with Crippen molar-refractivity contribution < 1.29 is 23.5 Å². The third kappa shape index (κ3) is 3.75. The number of benzene rings is 1. The fourth-order valence-electron chi connectivity index (χ4n) is 4.79. The lowest BCUT2D eigenvalue weighted by molar-refractivity contribution is -0.118. The minimum atomic E-state index is -0.509. The van der Waals surface area contributed by atoms with E-state index in [2.05, 4.69) is 20.6 Å². The molecule has 2 amide bonds. The number of amides is 2. The van der Waals surface area contributed by atoms with Gasteiger partial charge in [-0.25, -0.2) is 19.2 Å². The third-order valence-electron chi connectivity index (χ3n) is 6.41. The summed E-state index contributed by atoms with van der Waals surface area (Å²) in [5, 5.41) is 5.95. The van der Waals surface area contributed by atoms with Crippen molar-refractivity contribution >= 4 is 34.7 Å². The van der Waals surface area contributed by atoms with Crippen molar-refractivity contribution in [1.29, 1.82) is 0 Å². The molecule has 1 fully saturated rings. The molecule has 5 heterocycles. The zero-order valence-corrected chi connectivity index (χ0v) is 18.5. The van der Waals surface area contributed by atoms with Crippen molar-refractivity contribution in [1.82, 2.24) is 19.9 Å². The molecule has 3 aromatic rings. The molecule has 35 heavy (non-hydrogen) atoms.